The van der Waals surface area contributed by atoms with Crippen LogP contribution in [0.4, 0.5) is 0 Å². The molecule has 6 heteroatoms. The van der Waals surface area contributed by atoms with Gasteiger partial charge in [-0.05, 0) is 85.0 Å². The van der Waals surface area contributed by atoms with E-state index in [2.05, 4.69) is 13.0 Å². The molecule has 132 valence electrons. The maximum absolute atomic E-state index is 11.1. The third-order valence-electron chi connectivity index (χ3n) is 6.88. The first-order chi connectivity index (χ1) is 11.3. The predicted molar refractivity (Wildman–Crippen MR) is 85.2 cm³/mol. The Balaban J connectivity index is 1.62. The van der Waals surface area contributed by atoms with Gasteiger partial charge in [-0.2, -0.15) is 0 Å². The molecule has 0 amide bonds. The highest BCUT2D eigenvalue weighted by molar-refractivity contribution is 7.43. The van der Waals surface area contributed by atoms with Crippen molar-refractivity contribution in [2.24, 2.45) is 17.3 Å². The molecule has 0 aromatic heterocycles. The highest BCUT2D eigenvalue weighted by Crippen LogP contribution is 2.62. The van der Waals surface area contributed by atoms with E-state index in [-0.39, 0.29) is 5.41 Å². The second-order valence-electron chi connectivity index (χ2n) is 7.96. The van der Waals surface area contributed by atoms with Gasteiger partial charge in [-0.1, -0.05) is 13.0 Å². The second-order valence-corrected chi connectivity index (χ2v) is 9.07. The van der Waals surface area contributed by atoms with Gasteiger partial charge in [0.1, 0.15) is 5.75 Å². The molecule has 3 aliphatic carbocycles. The predicted octanol–water partition coefficient (Wildman–Crippen LogP) is 2.46. The summed E-state index contributed by atoms with van der Waals surface area (Å²) >= 11 is 0. The minimum Gasteiger partial charge on any atom is -0.790 e. The van der Waals surface area contributed by atoms with E-state index < -0.39 is 13.9 Å². The number of fused-ring (bicyclic) bond motifs is 5. The molecule has 1 aromatic rings. The Morgan fingerprint density at radius 1 is 1.25 bits per heavy atom. The van der Waals surface area contributed by atoms with Crippen LogP contribution in [-0.2, 0) is 15.5 Å². The van der Waals surface area contributed by atoms with E-state index in [0.29, 0.717) is 29.9 Å². The number of benzene rings is 1. The number of aromatic hydroxyl groups is 1. The van der Waals surface area contributed by atoms with Crippen molar-refractivity contribution in [1.82, 2.24) is 0 Å². The number of phosphoric acid groups is 1. The summed E-state index contributed by atoms with van der Waals surface area (Å²) in [6, 6.07) is 5.70. The number of hydrogen-bond acceptors (Lipinski definition) is 5. The van der Waals surface area contributed by atoms with Crippen LogP contribution < -0.4 is 9.79 Å². The minimum atomic E-state index is -4.94. The highest BCUT2D eigenvalue weighted by atomic mass is 31.2. The molecular formula is C18H23O5P-2. The van der Waals surface area contributed by atoms with Gasteiger partial charge in [0.05, 0.1) is 13.9 Å². The van der Waals surface area contributed by atoms with Gasteiger partial charge in [0.2, 0.25) is 0 Å². The Morgan fingerprint density at radius 3 is 2.79 bits per heavy atom. The Morgan fingerprint density at radius 2 is 2.04 bits per heavy atom. The van der Waals surface area contributed by atoms with Gasteiger partial charge in [-0.3, -0.25) is 0 Å². The fourth-order valence-corrected chi connectivity index (χ4v) is 6.51. The second kappa shape index (κ2) is 5.57. The zero-order valence-corrected chi connectivity index (χ0v) is 14.7. The number of hydrogen-bond donors (Lipinski definition) is 1. The largest absolute Gasteiger partial charge is 0.790 e. The van der Waals surface area contributed by atoms with Crippen molar-refractivity contribution in [3.63, 3.8) is 0 Å². The van der Waals surface area contributed by atoms with Gasteiger partial charge in [0, 0.05) is 0 Å². The summed E-state index contributed by atoms with van der Waals surface area (Å²) in [6.45, 7) is 2.10. The molecule has 2 saturated carbocycles. The summed E-state index contributed by atoms with van der Waals surface area (Å²) in [5.74, 6) is 1.70. The molecule has 4 rings (SSSR count). The molecule has 0 heterocycles. The van der Waals surface area contributed by atoms with E-state index in [9.17, 15) is 19.5 Å². The van der Waals surface area contributed by atoms with Crippen LogP contribution in [0.1, 0.15) is 56.1 Å². The fourth-order valence-electron chi connectivity index (χ4n) is 5.85. The molecule has 24 heavy (non-hydrogen) atoms. The molecule has 5 nitrogen and oxygen atoms in total. The van der Waals surface area contributed by atoms with Crippen molar-refractivity contribution in [2.75, 3.05) is 0 Å². The van der Waals surface area contributed by atoms with Crippen LogP contribution >= 0.6 is 7.82 Å². The minimum absolute atomic E-state index is 0.222. The van der Waals surface area contributed by atoms with Crippen molar-refractivity contribution in [2.45, 2.75) is 57.5 Å². The summed E-state index contributed by atoms with van der Waals surface area (Å²) in [4.78, 5) is 22.2. The standard InChI is InChI=1S/C18H25O5P/c1-18-9-8-14-13-5-3-12(19)10-11(13)2-4-15(14)16(18)6-7-17(18)23-24(20,21)22/h3,5,10,14-17,19H,2,4,6-9H2,1H3,(H2,20,21,22)/p-2/t14-,15-,16-,17+,18+/m1/s1. The maximum atomic E-state index is 11.1. The molecule has 1 N–H and O–H groups in total. The number of phosphoric ester groups is 1. The maximum Gasteiger partial charge on any atom is 0.115 e. The SMILES string of the molecule is C[C@]12CC[C@@H]3c4ccc(O)cc4CC[C@H]3[C@H]1CC[C@@H]2OP(=O)([O-])[O-]. The lowest BCUT2D eigenvalue weighted by Gasteiger charge is -2.51. The third kappa shape index (κ3) is 2.62. The zero-order valence-electron chi connectivity index (χ0n) is 13.8. The summed E-state index contributed by atoms with van der Waals surface area (Å²) in [7, 11) is -4.94. The average Bonchev–Trinajstić information content (AvgIpc) is 2.82. The summed E-state index contributed by atoms with van der Waals surface area (Å²) in [6.07, 6.45) is 4.98. The van der Waals surface area contributed by atoms with Crippen LogP contribution in [0.5, 0.6) is 5.75 Å². The molecule has 0 aliphatic heterocycles. The number of aryl methyl sites for hydroxylation is 1. The van der Waals surface area contributed by atoms with Crippen LogP contribution in [0.15, 0.2) is 18.2 Å². The lowest BCUT2D eigenvalue weighted by Crippen LogP contribution is -2.45. The molecule has 1 aromatic carbocycles. The Kier molecular flexibility index (Phi) is 3.85. The zero-order chi connectivity index (χ0) is 17.1. The molecular weight excluding hydrogens is 327 g/mol. The highest BCUT2D eigenvalue weighted by Gasteiger charge is 2.55. The first-order valence-electron chi connectivity index (χ1n) is 8.80. The van der Waals surface area contributed by atoms with E-state index in [1.54, 1.807) is 6.07 Å². The molecule has 3 aliphatic rings. The summed E-state index contributed by atoms with van der Waals surface area (Å²) in [5, 5.41) is 9.72. The van der Waals surface area contributed by atoms with Crippen molar-refractivity contribution in [3.05, 3.63) is 29.3 Å². The van der Waals surface area contributed by atoms with Gasteiger partial charge in [-0.25, -0.2) is 0 Å². The summed E-state index contributed by atoms with van der Waals surface area (Å²) in [5.41, 5.74) is 2.36. The van der Waals surface area contributed by atoms with Crippen molar-refractivity contribution >= 4 is 7.82 Å². The van der Waals surface area contributed by atoms with Crippen LogP contribution in [-0.4, -0.2) is 11.2 Å². The summed E-state index contributed by atoms with van der Waals surface area (Å²) < 4.78 is 16.1. The van der Waals surface area contributed by atoms with Crippen molar-refractivity contribution < 1.29 is 24.0 Å². The Labute approximate surface area is 142 Å². The molecule has 2 fully saturated rings. The van der Waals surface area contributed by atoms with Crippen molar-refractivity contribution in [1.29, 1.82) is 0 Å². The van der Waals surface area contributed by atoms with E-state index in [1.165, 1.54) is 11.1 Å². The normalized spacial score (nSPS) is 38.3. The molecule has 5 atom stereocenters. The Hall–Kier alpha value is -0.870. The quantitative estimate of drug-likeness (QED) is 0.827. The van der Waals surface area contributed by atoms with Gasteiger partial charge in [0.25, 0.3) is 0 Å². The fraction of sp³-hybridized carbons (Fsp3) is 0.667. The molecule has 0 radical (unpaired) electrons. The van der Waals surface area contributed by atoms with E-state index >= 15 is 0 Å². The van der Waals surface area contributed by atoms with Gasteiger partial charge < -0.3 is 24.0 Å². The number of phenols is 1. The lowest BCUT2D eigenvalue weighted by atomic mass is 9.55. The lowest BCUT2D eigenvalue weighted by molar-refractivity contribution is -0.347. The molecule has 0 saturated heterocycles. The molecule has 0 spiro atoms. The Bertz CT molecular complexity index is 699. The molecule has 0 bridgehead atoms. The van der Waals surface area contributed by atoms with E-state index in [0.717, 1.165) is 32.1 Å². The van der Waals surface area contributed by atoms with Crippen LogP contribution in [0.3, 0.4) is 0 Å². The topological polar surface area (TPSA) is 92.7 Å². The van der Waals surface area contributed by atoms with Crippen LogP contribution in [0.25, 0.3) is 0 Å². The average molecular weight is 350 g/mol. The third-order valence-corrected chi connectivity index (χ3v) is 7.39. The first kappa shape index (κ1) is 16.6. The molecule has 0 unspecified atom stereocenters. The van der Waals surface area contributed by atoms with Crippen molar-refractivity contribution in [3.8, 4) is 5.75 Å². The van der Waals surface area contributed by atoms with Gasteiger partial charge in [-0.15, -0.1) is 0 Å². The van der Waals surface area contributed by atoms with Crippen LogP contribution in [0, 0.1) is 17.3 Å². The smallest absolute Gasteiger partial charge is 0.115 e. The number of rotatable bonds is 2. The van der Waals surface area contributed by atoms with Crippen LogP contribution in [0.2, 0.25) is 0 Å². The first-order valence-corrected chi connectivity index (χ1v) is 10.3. The number of phenolic OH excluding ortho intramolecular Hbond substituents is 1. The van der Waals surface area contributed by atoms with E-state index in [1.807, 2.05) is 6.07 Å². The van der Waals surface area contributed by atoms with Gasteiger partial charge in [0.15, 0.2) is 0 Å². The van der Waals surface area contributed by atoms with E-state index in [4.69, 9.17) is 4.52 Å². The van der Waals surface area contributed by atoms with Gasteiger partial charge >= 0.3 is 0 Å². The monoisotopic (exact) mass is 350 g/mol.